The van der Waals surface area contributed by atoms with E-state index in [-0.39, 0.29) is 0 Å². The van der Waals surface area contributed by atoms with Gasteiger partial charge in [-0.25, -0.2) is 4.98 Å². The molecular formula is C16H27N3. The molecule has 3 heteroatoms. The van der Waals surface area contributed by atoms with E-state index in [9.17, 15) is 0 Å². The lowest BCUT2D eigenvalue weighted by molar-refractivity contribution is 0.238. The standard InChI is InChI=1S/C16H27N3/c1-4-16(3)7-10-19(11-8-16)15-12-14(6-9-18-15)13-17-5-2/h6,9,12,17H,4-5,7-8,10-11,13H2,1-3H3. The molecular weight excluding hydrogens is 234 g/mol. The summed E-state index contributed by atoms with van der Waals surface area (Å²) in [6.07, 6.45) is 5.79. The van der Waals surface area contributed by atoms with Gasteiger partial charge in [-0.15, -0.1) is 0 Å². The van der Waals surface area contributed by atoms with Crippen LogP contribution in [0.25, 0.3) is 0 Å². The van der Waals surface area contributed by atoms with Crippen LogP contribution in [-0.4, -0.2) is 24.6 Å². The SMILES string of the molecule is CCNCc1ccnc(N2CCC(C)(CC)CC2)c1. The quantitative estimate of drug-likeness (QED) is 0.882. The minimum atomic E-state index is 0.540. The van der Waals surface area contributed by atoms with Gasteiger partial charge in [0.2, 0.25) is 0 Å². The van der Waals surface area contributed by atoms with E-state index in [2.05, 4.69) is 48.1 Å². The van der Waals surface area contributed by atoms with E-state index in [0.29, 0.717) is 5.41 Å². The summed E-state index contributed by atoms with van der Waals surface area (Å²) in [4.78, 5) is 6.98. The first kappa shape index (κ1) is 14.3. The van der Waals surface area contributed by atoms with Crippen molar-refractivity contribution < 1.29 is 0 Å². The monoisotopic (exact) mass is 261 g/mol. The van der Waals surface area contributed by atoms with Crippen molar-refractivity contribution in [3.8, 4) is 0 Å². The third-order valence-corrected chi connectivity index (χ3v) is 4.54. The van der Waals surface area contributed by atoms with Gasteiger partial charge in [0.1, 0.15) is 5.82 Å². The molecule has 0 radical (unpaired) electrons. The first-order chi connectivity index (χ1) is 9.17. The Labute approximate surface area is 117 Å². The van der Waals surface area contributed by atoms with Crippen molar-refractivity contribution >= 4 is 5.82 Å². The fraction of sp³-hybridized carbons (Fsp3) is 0.688. The Kier molecular flexibility index (Phi) is 4.81. The maximum absolute atomic E-state index is 4.54. The fourth-order valence-corrected chi connectivity index (χ4v) is 2.64. The van der Waals surface area contributed by atoms with Crippen molar-refractivity contribution in [1.29, 1.82) is 0 Å². The van der Waals surface area contributed by atoms with Crippen LogP contribution in [0.1, 0.15) is 45.6 Å². The smallest absolute Gasteiger partial charge is 0.128 e. The number of anilines is 1. The second-order valence-corrected chi connectivity index (χ2v) is 5.95. The minimum absolute atomic E-state index is 0.540. The average molecular weight is 261 g/mol. The van der Waals surface area contributed by atoms with E-state index in [0.717, 1.165) is 32.0 Å². The molecule has 2 heterocycles. The van der Waals surface area contributed by atoms with Crippen LogP contribution in [0.3, 0.4) is 0 Å². The third kappa shape index (κ3) is 3.69. The van der Waals surface area contributed by atoms with Crippen LogP contribution in [0.2, 0.25) is 0 Å². The van der Waals surface area contributed by atoms with Gasteiger partial charge in [-0.2, -0.15) is 0 Å². The van der Waals surface area contributed by atoms with E-state index < -0.39 is 0 Å². The molecule has 1 aliphatic heterocycles. The number of nitrogens with one attached hydrogen (secondary N) is 1. The van der Waals surface area contributed by atoms with Crippen molar-refractivity contribution in [1.82, 2.24) is 10.3 Å². The van der Waals surface area contributed by atoms with Gasteiger partial charge in [0.05, 0.1) is 0 Å². The summed E-state index contributed by atoms with van der Waals surface area (Å²) in [5, 5.41) is 3.37. The van der Waals surface area contributed by atoms with Crippen LogP contribution in [0, 0.1) is 5.41 Å². The van der Waals surface area contributed by atoms with Gasteiger partial charge in [0, 0.05) is 25.8 Å². The van der Waals surface area contributed by atoms with Gasteiger partial charge < -0.3 is 10.2 Å². The lowest BCUT2D eigenvalue weighted by Crippen LogP contribution is -2.38. The number of hydrogen-bond acceptors (Lipinski definition) is 3. The molecule has 0 atom stereocenters. The number of pyridine rings is 1. The van der Waals surface area contributed by atoms with Gasteiger partial charge in [-0.1, -0.05) is 27.2 Å². The molecule has 0 amide bonds. The zero-order chi connectivity index (χ0) is 13.7. The van der Waals surface area contributed by atoms with Crippen LogP contribution in [0.5, 0.6) is 0 Å². The van der Waals surface area contributed by atoms with E-state index in [4.69, 9.17) is 0 Å². The lowest BCUT2D eigenvalue weighted by Gasteiger charge is -2.39. The number of hydrogen-bond donors (Lipinski definition) is 1. The molecule has 1 aliphatic rings. The Hall–Kier alpha value is -1.09. The Morgan fingerprint density at radius 2 is 2.05 bits per heavy atom. The first-order valence-corrected chi connectivity index (χ1v) is 7.57. The Morgan fingerprint density at radius 1 is 1.32 bits per heavy atom. The minimum Gasteiger partial charge on any atom is -0.357 e. The molecule has 3 nitrogen and oxygen atoms in total. The summed E-state index contributed by atoms with van der Waals surface area (Å²) in [5.74, 6) is 1.15. The molecule has 0 spiro atoms. The number of nitrogens with zero attached hydrogens (tertiary/aromatic N) is 2. The molecule has 19 heavy (non-hydrogen) atoms. The average Bonchev–Trinajstić information content (AvgIpc) is 2.46. The highest BCUT2D eigenvalue weighted by atomic mass is 15.2. The third-order valence-electron chi connectivity index (χ3n) is 4.54. The zero-order valence-electron chi connectivity index (χ0n) is 12.6. The number of aromatic nitrogens is 1. The summed E-state index contributed by atoms with van der Waals surface area (Å²) in [6.45, 7) is 11.1. The summed E-state index contributed by atoms with van der Waals surface area (Å²) in [6, 6.07) is 4.34. The molecule has 1 fully saturated rings. The maximum atomic E-state index is 4.54. The topological polar surface area (TPSA) is 28.2 Å². The second kappa shape index (κ2) is 6.38. The van der Waals surface area contributed by atoms with Gasteiger partial charge in [0.25, 0.3) is 0 Å². The highest BCUT2D eigenvalue weighted by Gasteiger charge is 2.28. The molecule has 1 N–H and O–H groups in total. The van der Waals surface area contributed by atoms with Crippen LogP contribution in [0.15, 0.2) is 18.3 Å². The van der Waals surface area contributed by atoms with Crippen molar-refractivity contribution in [2.24, 2.45) is 5.41 Å². The molecule has 2 rings (SSSR count). The van der Waals surface area contributed by atoms with Crippen molar-refractivity contribution in [2.75, 3.05) is 24.5 Å². The van der Waals surface area contributed by atoms with Crippen LogP contribution < -0.4 is 10.2 Å². The summed E-state index contributed by atoms with van der Waals surface area (Å²) >= 11 is 0. The van der Waals surface area contributed by atoms with Crippen LogP contribution in [-0.2, 0) is 6.54 Å². The predicted molar refractivity (Wildman–Crippen MR) is 81.5 cm³/mol. The molecule has 1 saturated heterocycles. The van der Waals surface area contributed by atoms with Crippen LogP contribution in [0.4, 0.5) is 5.82 Å². The molecule has 1 aromatic rings. The maximum Gasteiger partial charge on any atom is 0.128 e. The molecule has 1 aromatic heterocycles. The fourth-order valence-electron chi connectivity index (χ4n) is 2.64. The number of piperidine rings is 1. The van der Waals surface area contributed by atoms with E-state index in [1.807, 2.05) is 6.20 Å². The highest BCUT2D eigenvalue weighted by molar-refractivity contribution is 5.41. The van der Waals surface area contributed by atoms with Gasteiger partial charge in [-0.05, 0) is 42.5 Å². The summed E-state index contributed by atoms with van der Waals surface area (Å²) < 4.78 is 0. The van der Waals surface area contributed by atoms with Gasteiger partial charge >= 0.3 is 0 Å². The largest absolute Gasteiger partial charge is 0.357 e. The highest BCUT2D eigenvalue weighted by Crippen LogP contribution is 2.35. The molecule has 0 bridgehead atoms. The molecule has 0 unspecified atom stereocenters. The Bertz CT molecular complexity index is 395. The molecule has 0 saturated carbocycles. The van der Waals surface area contributed by atoms with Gasteiger partial charge in [0.15, 0.2) is 0 Å². The number of rotatable bonds is 5. The Balaban J connectivity index is 1.99. The van der Waals surface area contributed by atoms with E-state index in [1.54, 1.807) is 0 Å². The zero-order valence-corrected chi connectivity index (χ0v) is 12.6. The summed E-state index contributed by atoms with van der Waals surface area (Å²) in [7, 11) is 0. The molecule has 0 aliphatic carbocycles. The van der Waals surface area contributed by atoms with Gasteiger partial charge in [-0.3, -0.25) is 0 Å². The predicted octanol–water partition coefficient (Wildman–Crippen LogP) is 3.21. The lowest BCUT2D eigenvalue weighted by atomic mass is 9.78. The van der Waals surface area contributed by atoms with E-state index in [1.165, 1.54) is 24.8 Å². The first-order valence-electron chi connectivity index (χ1n) is 7.57. The molecule has 0 aromatic carbocycles. The van der Waals surface area contributed by atoms with E-state index >= 15 is 0 Å². The van der Waals surface area contributed by atoms with Crippen molar-refractivity contribution in [2.45, 2.75) is 46.6 Å². The Morgan fingerprint density at radius 3 is 2.68 bits per heavy atom. The van der Waals surface area contributed by atoms with Crippen molar-refractivity contribution in [3.63, 3.8) is 0 Å². The molecule has 106 valence electrons. The van der Waals surface area contributed by atoms with Crippen LogP contribution >= 0.6 is 0 Å². The summed E-state index contributed by atoms with van der Waals surface area (Å²) in [5.41, 5.74) is 1.87. The normalized spacial score (nSPS) is 18.6. The second-order valence-electron chi connectivity index (χ2n) is 5.95. The van der Waals surface area contributed by atoms with Crippen molar-refractivity contribution in [3.05, 3.63) is 23.9 Å².